The predicted molar refractivity (Wildman–Crippen MR) is 183 cm³/mol. The van der Waals surface area contributed by atoms with Crippen molar-refractivity contribution < 1.29 is 19.0 Å². The minimum absolute atomic E-state index is 0.0759. The monoisotopic (exact) mass is 656 g/mol. The molecule has 2 atom stereocenters. The van der Waals surface area contributed by atoms with Crippen LogP contribution in [0.15, 0.2) is 42.9 Å². The fourth-order valence-corrected chi connectivity index (χ4v) is 7.05. The summed E-state index contributed by atoms with van der Waals surface area (Å²) in [7, 11) is 1.67. The van der Waals surface area contributed by atoms with Gasteiger partial charge in [0.25, 0.3) is 0 Å². The topological polar surface area (TPSA) is 113 Å². The number of ether oxygens (including phenoxy) is 3. The lowest BCUT2D eigenvalue weighted by Crippen LogP contribution is -2.53. The van der Waals surface area contributed by atoms with Gasteiger partial charge in [-0.1, -0.05) is 11.6 Å². The van der Waals surface area contributed by atoms with E-state index in [4.69, 9.17) is 24.3 Å². The highest BCUT2D eigenvalue weighted by molar-refractivity contribution is 5.95. The largest absolute Gasteiger partial charge is 0.497 e. The summed E-state index contributed by atoms with van der Waals surface area (Å²) in [5, 5.41) is 14.6. The maximum atomic E-state index is 13.3. The summed E-state index contributed by atoms with van der Waals surface area (Å²) in [6.45, 7) is 9.55. The van der Waals surface area contributed by atoms with Crippen molar-refractivity contribution in [2.45, 2.75) is 96.6 Å². The van der Waals surface area contributed by atoms with E-state index in [0.29, 0.717) is 12.5 Å². The Morgan fingerprint density at radius 3 is 2.65 bits per heavy atom. The molecule has 1 aliphatic carbocycles. The van der Waals surface area contributed by atoms with Crippen LogP contribution in [0.1, 0.15) is 84.1 Å². The molecule has 3 aliphatic rings. The van der Waals surface area contributed by atoms with E-state index in [2.05, 4.69) is 27.3 Å². The number of carbonyl (C=O) groups is 1. The Hall–Kier alpha value is -4.19. The van der Waals surface area contributed by atoms with Crippen LogP contribution in [0, 0.1) is 5.92 Å². The zero-order valence-electron chi connectivity index (χ0n) is 28.7. The van der Waals surface area contributed by atoms with E-state index in [0.717, 1.165) is 97.6 Å². The molecule has 2 saturated heterocycles. The molecule has 0 N–H and O–H groups in total. The Balaban J connectivity index is 1.04. The molecule has 0 spiro atoms. The number of benzene rings is 1. The highest BCUT2D eigenvalue weighted by Crippen LogP contribution is 2.35. The van der Waals surface area contributed by atoms with Crippen LogP contribution in [0.2, 0.25) is 0 Å². The quantitative estimate of drug-likeness (QED) is 0.201. The first kappa shape index (κ1) is 32.4. The number of amides is 1. The van der Waals surface area contributed by atoms with Crippen LogP contribution in [0.4, 0.5) is 10.5 Å². The molecule has 4 aromatic rings. The smallest absolute Gasteiger partial charge is 0.410 e. The molecule has 3 aromatic heterocycles. The van der Waals surface area contributed by atoms with Gasteiger partial charge in [0.05, 0.1) is 55.2 Å². The lowest BCUT2D eigenvalue weighted by atomic mass is 9.84. The molecular formula is C36H48N8O4. The summed E-state index contributed by atoms with van der Waals surface area (Å²) in [5.74, 6) is 1.31. The second-order valence-electron chi connectivity index (χ2n) is 14.5. The van der Waals surface area contributed by atoms with Crippen LogP contribution < -0.4 is 9.64 Å². The third-order valence-electron chi connectivity index (χ3n) is 9.81. The molecule has 12 heteroatoms. The van der Waals surface area contributed by atoms with Crippen molar-refractivity contribution in [3.05, 3.63) is 48.5 Å². The van der Waals surface area contributed by atoms with Gasteiger partial charge >= 0.3 is 6.09 Å². The summed E-state index contributed by atoms with van der Waals surface area (Å²) in [6, 6.07) is 8.29. The molecule has 256 valence electrons. The van der Waals surface area contributed by atoms with E-state index in [1.165, 1.54) is 19.3 Å². The fourth-order valence-electron chi connectivity index (χ4n) is 7.05. The Morgan fingerprint density at radius 1 is 1.06 bits per heavy atom. The molecular weight excluding hydrogens is 608 g/mol. The summed E-state index contributed by atoms with van der Waals surface area (Å²) in [4.78, 5) is 22.5. The Labute approximate surface area is 282 Å². The Kier molecular flexibility index (Phi) is 9.26. The second kappa shape index (κ2) is 13.7. The second-order valence-corrected chi connectivity index (χ2v) is 14.5. The first-order valence-corrected chi connectivity index (χ1v) is 17.5. The molecule has 7 rings (SSSR count). The molecule has 3 fully saturated rings. The summed E-state index contributed by atoms with van der Waals surface area (Å²) in [5.41, 5.74) is 4.06. The third-order valence-corrected chi connectivity index (χ3v) is 9.81. The summed E-state index contributed by atoms with van der Waals surface area (Å²) >= 11 is 0. The first-order valence-electron chi connectivity index (χ1n) is 17.5. The van der Waals surface area contributed by atoms with Crippen molar-refractivity contribution in [1.29, 1.82) is 0 Å². The van der Waals surface area contributed by atoms with Crippen LogP contribution >= 0.6 is 0 Å². The van der Waals surface area contributed by atoms with Gasteiger partial charge in [-0.15, -0.1) is 5.10 Å². The number of carbonyl (C=O) groups excluding carboxylic acids is 1. The number of piperidine rings is 1. The SMILES string of the molecule is COc1cc(-c2cn(Cc3ccc(N4CCC[C@@H](N(CC5CCC5)C(=O)OC(C)(C)C)C4)cn3)nn2)c2cnn(C3CCCCO3)c2c1. The van der Waals surface area contributed by atoms with E-state index in [9.17, 15) is 4.79 Å². The number of anilines is 1. The molecule has 12 nitrogen and oxygen atoms in total. The molecule has 48 heavy (non-hydrogen) atoms. The molecule has 1 unspecified atom stereocenters. The van der Waals surface area contributed by atoms with Gasteiger partial charge < -0.3 is 24.0 Å². The van der Waals surface area contributed by atoms with E-state index in [-0.39, 0.29) is 18.4 Å². The zero-order valence-corrected chi connectivity index (χ0v) is 28.7. The van der Waals surface area contributed by atoms with Crippen molar-refractivity contribution >= 4 is 22.7 Å². The van der Waals surface area contributed by atoms with E-state index >= 15 is 0 Å². The van der Waals surface area contributed by atoms with E-state index in [1.807, 2.05) is 65.8 Å². The van der Waals surface area contributed by atoms with Crippen LogP contribution in [0.5, 0.6) is 5.75 Å². The number of pyridine rings is 1. The maximum Gasteiger partial charge on any atom is 0.410 e. The summed E-state index contributed by atoms with van der Waals surface area (Å²) in [6.07, 6.45) is 14.3. The average Bonchev–Trinajstić information content (AvgIpc) is 3.71. The van der Waals surface area contributed by atoms with E-state index < -0.39 is 5.60 Å². The predicted octanol–water partition coefficient (Wildman–Crippen LogP) is 6.45. The van der Waals surface area contributed by atoms with Crippen molar-refractivity contribution in [2.75, 3.05) is 38.3 Å². The van der Waals surface area contributed by atoms with Crippen LogP contribution in [-0.2, 0) is 16.0 Å². The van der Waals surface area contributed by atoms with Crippen molar-refractivity contribution in [3.8, 4) is 17.0 Å². The van der Waals surface area contributed by atoms with Crippen LogP contribution in [0.25, 0.3) is 22.2 Å². The third kappa shape index (κ3) is 7.13. The van der Waals surface area contributed by atoms with Crippen molar-refractivity contribution in [1.82, 2.24) is 34.7 Å². The standard InChI is InChI=1S/C36H48N8O4/c1-36(2,3)48-35(45)43(21-25-9-7-10-25)28-11-8-15-41(23-28)27-14-13-26(37-19-27)22-42-24-32(39-40-42)30-17-29(46-4)18-33-31(30)20-38-44(33)34-12-5-6-16-47-34/h13-14,17-20,24-25,28,34H,5-12,15-16,21-23H2,1-4H3/t28-,34?/m1/s1. The normalized spacial score (nSPS) is 20.5. The minimum Gasteiger partial charge on any atom is -0.497 e. The number of hydrogen-bond acceptors (Lipinski definition) is 9. The number of methoxy groups -OCH3 is 1. The van der Waals surface area contributed by atoms with Gasteiger partial charge in [-0.3, -0.25) is 4.98 Å². The molecule has 1 amide bonds. The Morgan fingerprint density at radius 2 is 1.94 bits per heavy atom. The van der Waals surface area contributed by atoms with Crippen LogP contribution in [-0.4, -0.2) is 85.7 Å². The number of hydrogen-bond donors (Lipinski definition) is 0. The number of aromatic nitrogens is 6. The highest BCUT2D eigenvalue weighted by atomic mass is 16.6. The molecule has 0 radical (unpaired) electrons. The van der Waals surface area contributed by atoms with Crippen molar-refractivity contribution in [2.24, 2.45) is 5.92 Å². The van der Waals surface area contributed by atoms with Gasteiger partial charge in [0.2, 0.25) is 0 Å². The van der Waals surface area contributed by atoms with Gasteiger partial charge in [-0.2, -0.15) is 5.10 Å². The fraction of sp³-hybridized carbons (Fsp3) is 0.583. The molecule has 1 aromatic carbocycles. The maximum absolute atomic E-state index is 13.3. The highest BCUT2D eigenvalue weighted by Gasteiger charge is 2.34. The first-order chi connectivity index (χ1) is 23.2. The van der Waals surface area contributed by atoms with E-state index in [1.54, 1.807) is 7.11 Å². The molecule has 0 bridgehead atoms. The van der Waals surface area contributed by atoms with Crippen LogP contribution in [0.3, 0.4) is 0 Å². The summed E-state index contributed by atoms with van der Waals surface area (Å²) < 4.78 is 21.3. The number of nitrogens with zero attached hydrogens (tertiary/aromatic N) is 8. The van der Waals surface area contributed by atoms with Crippen molar-refractivity contribution in [3.63, 3.8) is 0 Å². The van der Waals surface area contributed by atoms with Gasteiger partial charge in [0, 0.05) is 43.3 Å². The lowest BCUT2D eigenvalue weighted by Gasteiger charge is -2.43. The van der Waals surface area contributed by atoms with Gasteiger partial charge in [0.1, 0.15) is 17.0 Å². The lowest BCUT2D eigenvalue weighted by molar-refractivity contribution is -0.0366. The molecule has 1 saturated carbocycles. The number of fused-ring (bicyclic) bond motifs is 1. The Bertz CT molecular complexity index is 1700. The van der Waals surface area contributed by atoms with Gasteiger partial charge in [-0.05, 0) is 89.8 Å². The molecule has 2 aliphatic heterocycles. The average molecular weight is 657 g/mol. The number of rotatable bonds is 9. The van der Waals surface area contributed by atoms with Gasteiger partial charge in [0.15, 0.2) is 6.23 Å². The molecule has 5 heterocycles. The minimum atomic E-state index is -0.513. The zero-order chi connectivity index (χ0) is 33.3. The van der Waals surface area contributed by atoms with Gasteiger partial charge in [-0.25, -0.2) is 14.2 Å².